The molecule has 0 aromatic heterocycles. The maximum atomic E-state index is 9.50. The summed E-state index contributed by atoms with van der Waals surface area (Å²) < 4.78 is 10.5. The zero-order chi connectivity index (χ0) is 17.5. The number of hydrogen-bond acceptors (Lipinski definition) is 5. The minimum atomic E-state index is -0.278. The van der Waals surface area contributed by atoms with Gasteiger partial charge in [-0.05, 0) is 0 Å². The van der Waals surface area contributed by atoms with Crippen molar-refractivity contribution in [2.24, 2.45) is 11.3 Å². The summed E-state index contributed by atoms with van der Waals surface area (Å²) in [6.07, 6.45) is 0.692. The molecule has 0 bridgehead atoms. The van der Waals surface area contributed by atoms with E-state index in [4.69, 9.17) is 19.4 Å². The molecule has 0 spiro atoms. The average Bonchev–Trinajstić information content (AvgIpc) is 2.96. The third-order valence-corrected chi connectivity index (χ3v) is 1.94. The molecular weight excluding hydrogens is 656 g/mol. The first kappa shape index (κ1) is 27.8. The Hall–Kier alpha value is 1.99. The van der Waals surface area contributed by atoms with Gasteiger partial charge in [0, 0.05) is 11.3 Å². The van der Waals surface area contributed by atoms with Crippen molar-refractivity contribution in [1.29, 1.82) is 0 Å². The number of aldehydes is 1. The molecule has 1 rings (SSSR count). The molecule has 1 fully saturated rings. The van der Waals surface area contributed by atoms with Crippen molar-refractivity contribution >= 4 is 73.0 Å². The van der Waals surface area contributed by atoms with Gasteiger partial charge >= 0.3 is 64.9 Å². The molecule has 0 amide bonds. The van der Waals surface area contributed by atoms with Gasteiger partial charge in [-0.15, -0.1) is 0 Å². The zero-order valence-electron chi connectivity index (χ0n) is 12.7. The summed E-state index contributed by atoms with van der Waals surface area (Å²) in [6.45, 7) is 10.9. The number of ether oxygens (including phenoxy) is 2. The topological polar surface area (TPSA) is 72.8 Å². The van der Waals surface area contributed by atoms with Gasteiger partial charge in [0.1, 0.15) is 13.1 Å². The van der Waals surface area contributed by atoms with Crippen LogP contribution in [0.3, 0.4) is 0 Å². The third-order valence-electron chi connectivity index (χ3n) is 1.94. The van der Waals surface area contributed by atoms with Crippen LogP contribution in [0, 0.1) is 11.3 Å². The molecule has 0 saturated carbocycles. The fraction of sp³-hybridized carbons (Fsp3) is 0.833. The van der Waals surface area contributed by atoms with Gasteiger partial charge in [-0.3, -0.25) is 0 Å². The van der Waals surface area contributed by atoms with Crippen molar-refractivity contribution in [3.8, 4) is 0 Å². The summed E-state index contributed by atoms with van der Waals surface area (Å²) >= 11 is 7.39. The number of rotatable bonds is 3. The normalized spacial score (nSPS) is 14.4. The predicted octanol–water partition coefficient (Wildman–Crippen LogP) is 3.69. The first-order chi connectivity index (χ1) is 9.67. The van der Waals surface area contributed by atoms with Crippen molar-refractivity contribution < 1.29 is 29.1 Å². The van der Waals surface area contributed by atoms with Gasteiger partial charge < -0.3 is 24.2 Å². The van der Waals surface area contributed by atoms with Gasteiger partial charge in [0.15, 0.2) is 6.29 Å². The Morgan fingerprint density at radius 3 is 1.76 bits per heavy atom. The van der Waals surface area contributed by atoms with Crippen LogP contribution in [0.25, 0.3) is 0 Å². The van der Waals surface area contributed by atoms with Gasteiger partial charge in [-0.25, -0.2) is 0 Å². The van der Waals surface area contributed by atoms with E-state index in [1.165, 1.54) is 0 Å². The molecule has 1 heterocycles. The van der Waals surface area contributed by atoms with E-state index in [2.05, 4.69) is 59.9 Å². The third kappa shape index (κ3) is 22.0. The van der Waals surface area contributed by atoms with Crippen molar-refractivity contribution in [1.82, 2.24) is 0 Å². The van der Waals surface area contributed by atoms with Crippen LogP contribution in [0.1, 0.15) is 27.7 Å². The van der Waals surface area contributed by atoms with E-state index in [0.717, 1.165) is 6.29 Å². The van der Waals surface area contributed by atoms with Crippen LogP contribution in [0.4, 0.5) is 0 Å². The Morgan fingerprint density at radius 1 is 1.29 bits per heavy atom. The fourth-order valence-corrected chi connectivity index (χ4v) is 0.884. The van der Waals surface area contributed by atoms with Gasteiger partial charge in [-0.1, -0.05) is 27.7 Å². The quantitative estimate of drug-likeness (QED) is 0.364. The molecule has 1 aliphatic heterocycles. The predicted molar refractivity (Wildman–Crippen MR) is 107 cm³/mol. The van der Waals surface area contributed by atoms with E-state index in [9.17, 15) is 4.79 Å². The number of hydrogen-bond donors (Lipinski definition) is 1. The second-order valence-electron chi connectivity index (χ2n) is 4.79. The van der Waals surface area contributed by atoms with E-state index < -0.39 is 0 Å². The summed E-state index contributed by atoms with van der Waals surface area (Å²) in [6, 6.07) is 0. The molecule has 0 atom stereocenters. The van der Waals surface area contributed by atoms with Gasteiger partial charge in [0.05, 0.1) is 19.8 Å². The maximum absolute atomic E-state index is 9.50. The van der Waals surface area contributed by atoms with Crippen LogP contribution in [-0.4, -0.2) is 44.3 Å². The minimum absolute atomic E-state index is 0.0949. The SMILES string of the molecule is C=O.CC(C)(CO)C1OCCO1.CC(C)C=O.[I][V]([I])[I]. The van der Waals surface area contributed by atoms with Crippen LogP contribution in [0.15, 0.2) is 0 Å². The first-order valence-corrected chi connectivity index (χ1v) is 19.5. The molecule has 9 heteroatoms. The fourth-order valence-electron chi connectivity index (χ4n) is 0.884. The molecule has 0 radical (unpaired) electrons. The molecule has 1 N–H and O–H groups in total. The molecule has 1 aliphatic rings. The zero-order valence-corrected chi connectivity index (χ0v) is 20.6. The van der Waals surface area contributed by atoms with E-state index in [-0.39, 0.29) is 29.2 Å². The van der Waals surface area contributed by atoms with Crippen LogP contribution in [0.2, 0.25) is 0 Å². The number of aliphatic hydroxyl groups is 1. The van der Waals surface area contributed by atoms with E-state index in [1.807, 2.05) is 34.5 Å². The van der Waals surface area contributed by atoms with Crippen molar-refractivity contribution in [2.45, 2.75) is 34.0 Å². The van der Waals surface area contributed by atoms with E-state index in [0.29, 0.717) is 13.2 Å². The molecule has 0 aliphatic carbocycles. The Morgan fingerprint density at radius 2 is 1.57 bits per heavy atom. The van der Waals surface area contributed by atoms with Crippen LogP contribution < -0.4 is 0 Å². The standard InChI is InChI=1S/C7H14O3.C4H8O.CH2O.3HI.V/c1-7(2,5-8)6-9-3-4-10-6;1-4(2)3-5;1-2;;;;/h6,8H,3-5H2,1-2H3;3-4H,1-2H3;1H2;3*1H;/q;;;;;;+3/p-3. The molecule has 21 heavy (non-hydrogen) atoms. The Kier molecular flexibility index (Phi) is 24.3. The van der Waals surface area contributed by atoms with Crippen LogP contribution in [0.5, 0.6) is 0 Å². The molecule has 128 valence electrons. The number of carbonyl (C=O) groups is 2. The van der Waals surface area contributed by atoms with Gasteiger partial charge in [0.25, 0.3) is 0 Å². The average molecular weight is 680 g/mol. The van der Waals surface area contributed by atoms with Crippen LogP contribution >= 0.6 is 59.9 Å². The second kappa shape index (κ2) is 18.3. The number of halogens is 3. The molecule has 0 aromatic carbocycles. The summed E-state index contributed by atoms with van der Waals surface area (Å²) in [5.74, 6) is 0.204. The Labute approximate surface area is 165 Å². The molecule has 0 aromatic rings. The number of aliphatic hydroxyl groups excluding tert-OH is 1. The summed E-state index contributed by atoms with van der Waals surface area (Å²) in [5, 5.41) is 8.89. The second-order valence-corrected chi connectivity index (χ2v) is 40.2. The Balaban J connectivity index is -0.000000250. The molecule has 0 unspecified atom stereocenters. The first-order valence-electron chi connectivity index (χ1n) is 6.03. The van der Waals surface area contributed by atoms with Crippen LogP contribution in [-0.2, 0) is 24.0 Å². The monoisotopic (exact) mass is 680 g/mol. The van der Waals surface area contributed by atoms with Crippen molar-refractivity contribution in [3.05, 3.63) is 0 Å². The number of carbonyl (C=O) groups excluding carboxylic acids is 2. The Bertz CT molecular complexity index is 234. The van der Waals surface area contributed by atoms with Crippen molar-refractivity contribution in [2.75, 3.05) is 19.8 Å². The summed E-state index contributed by atoms with van der Waals surface area (Å²) in [4.78, 5) is 17.2. The van der Waals surface area contributed by atoms with Gasteiger partial charge in [0.2, 0.25) is 0 Å². The molecule has 5 nitrogen and oxygen atoms in total. The summed E-state index contributed by atoms with van der Waals surface area (Å²) in [7, 11) is 0. The summed E-state index contributed by atoms with van der Waals surface area (Å²) in [5.41, 5.74) is -0.267. The molecule has 1 saturated heterocycles. The van der Waals surface area contributed by atoms with E-state index in [1.54, 1.807) is 0 Å². The van der Waals surface area contributed by atoms with E-state index >= 15 is 0 Å². The van der Waals surface area contributed by atoms with Crippen molar-refractivity contribution in [3.63, 3.8) is 0 Å². The molecular formula is C12H24I3O5V. The van der Waals surface area contributed by atoms with Gasteiger partial charge in [-0.2, -0.15) is 0 Å².